The van der Waals surface area contributed by atoms with Gasteiger partial charge in [-0.2, -0.15) is 0 Å². The molecule has 4 aromatic carbocycles. The number of hydrogen-bond donors (Lipinski definition) is 0. The summed E-state index contributed by atoms with van der Waals surface area (Å²) in [5, 5.41) is 0. The number of hydrogen-bond acceptors (Lipinski definition) is 8. The maximum Gasteiger partial charge on any atom is 0.380 e. The predicted octanol–water partition coefficient (Wildman–Crippen LogP) is 15.6. The third-order valence-electron chi connectivity index (χ3n) is 11.3. The second-order valence-electron chi connectivity index (χ2n) is 20.3. The Bertz CT molecular complexity index is 2260. The van der Waals surface area contributed by atoms with Gasteiger partial charge in [0.15, 0.2) is 0 Å². The quantitative estimate of drug-likeness (QED) is 0.156. The largest absolute Gasteiger partial charge is 0.424 e. The van der Waals surface area contributed by atoms with E-state index < -0.39 is 11.5 Å². The van der Waals surface area contributed by atoms with E-state index in [2.05, 4.69) is 132 Å². The first-order valence-electron chi connectivity index (χ1n) is 20.7. The lowest BCUT2D eigenvalue weighted by Crippen LogP contribution is -2.18. The molecular formula is C48H62O4P2S4. The van der Waals surface area contributed by atoms with Crippen LogP contribution in [0.1, 0.15) is 164 Å². The van der Waals surface area contributed by atoms with E-state index in [-0.39, 0.29) is 21.7 Å². The summed E-state index contributed by atoms with van der Waals surface area (Å²) in [6.07, 6.45) is 2.73. The Morgan fingerprint density at radius 2 is 0.741 bits per heavy atom. The second-order valence-corrected chi connectivity index (χ2v) is 34.3. The molecule has 3 aliphatic rings. The van der Waals surface area contributed by atoms with Crippen LogP contribution in [0.2, 0.25) is 0 Å². The van der Waals surface area contributed by atoms with Crippen molar-refractivity contribution in [3.05, 3.63) is 115 Å². The van der Waals surface area contributed by atoms with Gasteiger partial charge in [0.05, 0.1) is 13.2 Å². The van der Waals surface area contributed by atoms with E-state index in [0.717, 1.165) is 39.5 Å². The molecule has 0 saturated carbocycles. The van der Waals surface area contributed by atoms with E-state index in [0.29, 0.717) is 26.1 Å². The van der Waals surface area contributed by atoms with Crippen LogP contribution in [-0.2, 0) is 72.8 Å². The number of rotatable bonds is 6. The fourth-order valence-electron chi connectivity index (χ4n) is 8.00. The molecule has 0 spiro atoms. The third-order valence-corrected chi connectivity index (χ3v) is 24.2. The van der Waals surface area contributed by atoms with Crippen molar-refractivity contribution in [1.29, 1.82) is 0 Å². The van der Waals surface area contributed by atoms with Crippen LogP contribution in [0.4, 0.5) is 0 Å². The number of fused-ring (bicyclic) bond motifs is 2. The van der Waals surface area contributed by atoms with Crippen LogP contribution in [0, 0.1) is 0 Å². The van der Waals surface area contributed by atoms with Gasteiger partial charge in [0.1, 0.15) is 5.75 Å². The molecule has 0 N–H and O–H groups in total. The minimum Gasteiger partial charge on any atom is -0.424 e. The lowest BCUT2D eigenvalue weighted by molar-refractivity contribution is 0.217. The summed E-state index contributed by atoms with van der Waals surface area (Å²) >= 11 is 11.1. The molecule has 0 atom stereocenters. The molecule has 58 heavy (non-hydrogen) atoms. The van der Waals surface area contributed by atoms with Crippen molar-refractivity contribution >= 4 is 57.4 Å². The molecule has 312 valence electrons. The third kappa shape index (κ3) is 9.17. The maximum atomic E-state index is 16.2. The Morgan fingerprint density at radius 3 is 0.983 bits per heavy atom. The van der Waals surface area contributed by atoms with Gasteiger partial charge in [0.2, 0.25) is 0 Å². The van der Waals surface area contributed by atoms with Crippen LogP contribution in [0.5, 0.6) is 5.75 Å². The van der Waals surface area contributed by atoms with Gasteiger partial charge < -0.3 is 4.52 Å². The van der Waals surface area contributed by atoms with Gasteiger partial charge in [-0.05, 0) is 149 Å². The minimum atomic E-state index is -3.17. The molecule has 4 aromatic rings. The first kappa shape index (κ1) is 44.6. The van der Waals surface area contributed by atoms with Crippen molar-refractivity contribution in [3.63, 3.8) is 0 Å². The van der Waals surface area contributed by atoms with E-state index in [4.69, 9.17) is 25.4 Å². The Morgan fingerprint density at radius 1 is 0.500 bits per heavy atom. The van der Waals surface area contributed by atoms with Crippen molar-refractivity contribution in [2.75, 3.05) is 13.2 Å². The highest BCUT2D eigenvalue weighted by molar-refractivity contribution is 9.14. The average Bonchev–Trinajstić information content (AvgIpc) is 3.06. The molecule has 0 aliphatic carbocycles. The molecule has 0 saturated heterocycles. The highest BCUT2D eigenvalue weighted by Gasteiger charge is 2.40. The van der Waals surface area contributed by atoms with Gasteiger partial charge in [-0.1, -0.05) is 132 Å². The van der Waals surface area contributed by atoms with E-state index in [1.54, 1.807) is 34.1 Å². The van der Waals surface area contributed by atoms with Crippen molar-refractivity contribution in [2.24, 2.45) is 0 Å². The van der Waals surface area contributed by atoms with Crippen molar-refractivity contribution < 1.29 is 18.1 Å². The van der Waals surface area contributed by atoms with Crippen LogP contribution in [0.15, 0.2) is 63.2 Å². The molecule has 0 unspecified atom stereocenters. The molecule has 7 rings (SSSR count). The normalized spacial score (nSPS) is 16.5. The molecule has 4 nitrogen and oxygen atoms in total. The molecule has 0 radical (unpaired) electrons. The summed E-state index contributed by atoms with van der Waals surface area (Å²) in [7, 11) is 0. The van der Waals surface area contributed by atoms with Gasteiger partial charge in [0.25, 0.3) is 4.75 Å². The molecule has 0 aromatic heterocycles. The summed E-state index contributed by atoms with van der Waals surface area (Å²) in [6, 6.07) is 19.1. The van der Waals surface area contributed by atoms with Crippen LogP contribution < -0.4 is 4.52 Å². The van der Waals surface area contributed by atoms with Gasteiger partial charge in [-0.3, -0.25) is 13.6 Å². The predicted molar refractivity (Wildman–Crippen MR) is 255 cm³/mol. The fraction of sp³-hybridized carbons (Fsp3) is 0.500. The molecule has 10 heteroatoms. The topological polar surface area (TPSA) is 44.8 Å². The van der Waals surface area contributed by atoms with E-state index in [1.165, 1.54) is 60.5 Å². The first-order chi connectivity index (χ1) is 26.8. The Balaban J connectivity index is 1.66. The zero-order valence-electron chi connectivity index (χ0n) is 37.0. The fourth-order valence-corrected chi connectivity index (χ4v) is 21.9. The molecular weight excluding hydrogens is 831 g/mol. The van der Waals surface area contributed by atoms with Crippen molar-refractivity contribution in [3.8, 4) is 5.75 Å². The highest BCUT2D eigenvalue weighted by atomic mass is 33.4. The zero-order chi connectivity index (χ0) is 42.4. The monoisotopic (exact) mass is 892 g/mol. The lowest BCUT2D eigenvalue weighted by atomic mass is 9.79. The summed E-state index contributed by atoms with van der Waals surface area (Å²) in [5.74, 6) is 0.759. The average molecular weight is 893 g/mol. The smallest absolute Gasteiger partial charge is 0.380 e. The Hall–Kier alpha value is -1.47. The maximum absolute atomic E-state index is 16.2. The summed E-state index contributed by atoms with van der Waals surface area (Å²) in [6.45, 7) is 29.1. The van der Waals surface area contributed by atoms with Crippen LogP contribution in [0.25, 0.3) is 0 Å². The summed E-state index contributed by atoms with van der Waals surface area (Å²) in [5.41, 5.74) is 14.2. The minimum absolute atomic E-state index is 0.0487. The zero-order valence-corrected chi connectivity index (χ0v) is 42.1. The number of benzene rings is 4. The molecule has 0 amide bonds. The van der Waals surface area contributed by atoms with Crippen LogP contribution in [-0.4, -0.2) is 13.2 Å². The van der Waals surface area contributed by atoms with Gasteiger partial charge in [-0.25, -0.2) is 0 Å². The standard InChI is InChI=1S/C48H62O4P2S4/c1-15-50-54(55,51-16-2)52-41-29-17-31-23-38(46(6,7)8)25-33-19-35-27-40(48(12,13)14)28-36-20-34-26-39(47(9,10)11)24-32(18-30(41)22-37(21-29)45(3,4)5)43(34)57-53(49,56-42(31)33)58-44(35)36/h21-28H,15-20H2,1-14H3. The first-order valence-corrected chi connectivity index (χ1v) is 29.2. The molecule has 0 fully saturated rings. The second kappa shape index (κ2) is 15.7. The van der Waals surface area contributed by atoms with Crippen LogP contribution in [0.3, 0.4) is 0 Å². The van der Waals surface area contributed by atoms with Crippen molar-refractivity contribution in [1.82, 2.24) is 0 Å². The van der Waals surface area contributed by atoms with E-state index in [1.807, 2.05) is 13.8 Å². The van der Waals surface area contributed by atoms with Gasteiger partial charge >= 0.3 is 6.72 Å². The molecule has 3 heterocycles. The Labute approximate surface area is 366 Å². The van der Waals surface area contributed by atoms with Crippen LogP contribution >= 0.6 is 45.6 Å². The Kier molecular flexibility index (Phi) is 12.1. The van der Waals surface area contributed by atoms with E-state index >= 15 is 4.57 Å². The molecule has 3 aliphatic heterocycles. The van der Waals surface area contributed by atoms with E-state index in [9.17, 15) is 0 Å². The highest BCUT2D eigenvalue weighted by Crippen LogP contribution is 2.85. The van der Waals surface area contributed by atoms with Crippen molar-refractivity contribution in [2.45, 2.75) is 159 Å². The lowest BCUT2D eigenvalue weighted by Gasteiger charge is -2.34. The van der Waals surface area contributed by atoms with Gasteiger partial charge in [0, 0.05) is 39.3 Å². The van der Waals surface area contributed by atoms with Gasteiger partial charge in [-0.15, -0.1) is 0 Å². The SMILES string of the molecule is CCOP(=S)(OCC)Oc1c2cc(C(C)(C)C)cc1Cc1cc(C(C)(C)C)cc3c1SP1(=O)Sc4c(cc(C(C)(C)C)cc4Cc4cc(C(C)(C)C)cc(c4S1)C3)C2. The summed E-state index contributed by atoms with van der Waals surface area (Å²) < 4.78 is 32.6. The summed E-state index contributed by atoms with van der Waals surface area (Å²) in [4.78, 5) is 3.46. The molecule has 6 bridgehead atoms.